The summed E-state index contributed by atoms with van der Waals surface area (Å²) in [5, 5.41) is 2.50. The SMILES string of the molecule is CC(C)(NS(=O)(=O)c1ccc(N)nc1)c1nccs1. The van der Waals surface area contributed by atoms with Crippen molar-refractivity contribution in [2.45, 2.75) is 24.3 Å². The van der Waals surface area contributed by atoms with Crippen molar-refractivity contribution in [3.8, 4) is 0 Å². The molecule has 0 spiro atoms. The lowest BCUT2D eigenvalue weighted by Gasteiger charge is -2.23. The molecular weight excluding hydrogens is 284 g/mol. The number of hydrogen-bond donors (Lipinski definition) is 2. The van der Waals surface area contributed by atoms with E-state index in [2.05, 4.69) is 14.7 Å². The van der Waals surface area contributed by atoms with Crippen molar-refractivity contribution in [3.05, 3.63) is 34.9 Å². The van der Waals surface area contributed by atoms with Crippen molar-refractivity contribution >= 4 is 27.2 Å². The fraction of sp³-hybridized carbons (Fsp3) is 0.273. The van der Waals surface area contributed by atoms with Gasteiger partial charge in [0.05, 0.1) is 5.54 Å². The summed E-state index contributed by atoms with van der Waals surface area (Å²) in [7, 11) is -3.66. The van der Waals surface area contributed by atoms with E-state index >= 15 is 0 Å². The molecule has 3 N–H and O–H groups in total. The molecule has 0 aliphatic carbocycles. The first-order valence-electron chi connectivity index (χ1n) is 5.47. The Balaban J connectivity index is 2.29. The molecule has 0 bridgehead atoms. The fourth-order valence-corrected chi connectivity index (χ4v) is 3.63. The highest BCUT2D eigenvalue weighted by atomic mass is 32.2. The van der Waals surface area contributed by atoms with E-state index in [1.54, 1.807) is 25.4 Å². The molecule has 0 saturated heterocycles. The zero-order valence-electron chi connectivity index (χ0n) is 10.5. The minimum Gasteiger partial charge on any atom is -0.384 e. The van der Waals surface area contributed by atoms with Gasteiger partial charge in [-0.25, -0.2) is 18.4 Å². The number of nitrogens with two attached hydrogens (primary N) is 1. The first-order chi connectivity index (χ1) is 8.81. The number of nitrogens with zero attached hydrogens (tertiary/aromatic N) is 2. The van der Waals surface area contributed by atoms with Crippen molar-refractivity contribution in [2.24, 2.45) is 0 Å². The van der Waals surface area contributed by atoms with Crippen molar-refractivity contribution in [2.75, 3.05) is 5.73 Å². The van der Waals surface area contributed by atoms with Gasteiger partial charge in [-0.15, -0.1) is 11.3 Å². The minimum absolute atomic E-state index is 0.0753. The zero-order valence-corrected chi connectivity index (χ0v) is 12.1. The number of thiazole rings is 1. The lowest BCUT2D eigenvalue weighted by atomic mass is 10.1. The number of nitrogens with one attached hydrogen (secondary N) is 1. The highest BCUT2D eigenvalue weighted by molar-refractivity contribution is 7.89. The summed E-state index contributed by atoms with van der Waals surface area (Å²) in [6.07, 6.45) is 2.87. The molecule has 0 fully saturated rings. The lowest BCUT2D eigenvalue weighted by Crippen LogP contribution is -2.40. The molecule has 0 aliphatic rings. The van der Waals surface area contributed by atoms with Crippen LogP contribution in [0.15, 0.2) is 34.8 Å². The predicted molar refractivity (Wildman–Crippen MR) is 74.1 cm³/mol. The molecular formula is C11H14N4O2S2. The number of hydrogen-bond acceptors (Lipinski definition) is 6. The largest absolute Gasteiger partial charge is 0.384 e. The van der Waals surface area contributed by atoms with Crippen LogP contribution in [-0.2, 0) is 15.6 Å². The molecule has 2 aromatic heterocycles. The van der Waals surface area contributed by atoms with Gasteiger partial charge in [-0.3, -0.25) is 0 Å². The van der Waals surface area contributed by atoms with Crippen LogP contribution in [0, 0.1) is 0 Å². The van der Waals surface area contributed by atoms with E-state index in [-0.39, 0.29) is 10.7 Å². The van der Waals surface area contributed by atoms with Crippen molar-refractivity contribution in [1.82, 2.24) is 14.7 Å². The normalized spacial score (nSPS) is 12.5. The number of aromatic nitrogens is 2. The van der Waals surface area contributed by atoms with E-state index in [0.29, 0.717) is 5.01 Å². The molecule has 0 atom stereocenters. The Kier molecular flexibility index (Phi) is 3.57. The molecule has 0 aliphatic heterocycles. The van der Waals surface area contributed by atoms with Crippen LogP contribution in [0.3, 0.4) is 0 Å². The Hall–Kier alpha value is -1.51. The Labute approximate surface area is 115 Å². The highest BCUT2D eigenvalue weighted by Gasteiger charge is 2.30. The number of sulfonamides is 1. The predicted octanol–water partition coefficient (Wildman–Crippen LogP) is 1.33. The average molecular weight is 298 g/mol. The fourth-order valence-electron chi connectivity index (χ4n) is 1.52. The second-order valence-electron chi connectivity index (χ2n) is 4.49. The van der Waals surface area contributed by atoms with Crippen molar-refractivity contribution < 1.29 is 8.42 Å². The van der Waals surface area contributed by atoms with Gasteiger partial charge in [-0.1, -0.05) is 0 Å². The molecule has 102 valence electrons. The lowest BCUT2D eigenvalue weighted by molar-refractivity contribution is 0.469. The summed E-state index contributed by atoms with van der Waals surface area (Å²) in [6, 6.07) is 2.87. The summed E-state index contributed by atoms with van der Waals surface area (Å²) in [5.41, 5.74) is 4.66. The van der Waals surface area contributed by atoms with Crippen molar-refractivity contribution in [1.29, 1.82) is 0 Å². The van der Waals surface area contributed by atoms with Crippen LogP contribution in [0.25, 0.3) is 0 Å². The molecule has 0 aromatic carbocycles. The highest BCUT2D eigenvalue weighted by Crippen LogP contribution is 2.24. The van der Waals surface area contributed by atoms with Crippen LogP contribution < -0.4 is 10.5 Å². The summed E-state index contributed by atoms with van der Waals surface area (Å²) < 4.78 is 27.1. The van der Waals surface area contributed by atoms with Crippen LogP contribution in [0.1, 0.15) is 18.9 Å². The molecule has 6 nitrogen and oxygen atoms in total. The van der Waals surface area contributed by atoms with Gasteiger partial charge in [0, 0.05) is 17.8 Å². The summed E-state index contributed by atoms with van der Waals surface area (Å²) in [5.74, 6) is 0.276. The second-order valence-corrected chi connectivity index (χ2v) is 7.06. The van der Waals surface area contributed by atoms with Gasteiger partial charge in [0.25, 0.3) is 0 Å². The maximum absolute atomic E-state index is 12.2. The van der Waals surface area contributed by atoms with Gasteiger partial charge in [0.15, 0.2) is 0 Å². The molecule has 8 heteroatoms. The first kappa shape index (κ1) is 13.9. The Morgan fingerprint density at radius 2 is 2.05 bits per heavy atom. The topological polar surface area (TPSA) is 98.0 Å². The number of anilines is 1. The van der Waals surface area contributed by atoms with Gasteiger partial charge >= 0.3 is 0 Å². The molecule has 19 heavy (non-hydrogen) atoms. The van der Waals surface area contributed by atoms with Gasteiger partial charge < -0.3 is 5.73 Å². The van der Waals surface area contributed by atoms with E-state index < -0.39 is 15.6 Å². The minimum atomic E-state index is -3.66. The summed E-state index contributed by atoms with van der Waals surface area (Å²) in [4.78, 5) is 7.99. The third kappa shape index (κ3) is 3.09. The van der Waals surface area contributed by atoms with Crippen molar-refractivity contribution in [3.63, 3.8) is 0 Å². The maximum atomic E-state index is 12.2. The number of pyridine rings is 1. The van der Waals surface area contributed by atoms with Crippen LogP contribution in [0.2, 0.25) is 0 Å². The third-order valence-electron chi connectivity index (χ3n) is 2.43. The van der Waals surface area contributed by atoms with Crippen LogP contribution in [-0.4, -0.2) is 18.4 Å². The smallest absolute Gasteiger partial charge is 0.242 e. The van der Waals surface area contributed by atoms with Gasteiger partial charge in [-0.2, -0.15) is 4.72 Å². The van der Waals surface area contributed by atoms with E-state index in [4.69, 9.17) is 5.73 Å². The molecule has 0 unspecified atom stereocenters. The molecule has 0 radical (unpaired) electrons. The molecule has 2 aromatic rings. The second kappa shape index (κ2) is 4.87. The van der Waals surface area contributed by atoms with Crippen LogP contribution >= 0.6 is 11.3 Å². The maximum Gasteiger partial charge on any atom is 0.242 e. The molecule has 2 heterocycles. The number of nitrogen functional groups attached to an aromatic ring is 1. The van der Waals surface area contributed by atoms with Gasteiger partial charge in [0.2, 0.25) is 10.0 Å². The van der Waals surface area contributed by atoms with Crippen LogP contribution in [0.5, 0.6) is 0 Å². The van der Waals surface area contributed by atoms with E-state index in [1.807, 2.05) is 0 Å². The Morgan fingerprint density at radius 1 is 1.32 bits per heavy atom. The van der Waals surface area contributed by atoms with Gasteiger partial charge in [-0.05, 0) is 26.0 Å². The molecule has 2 rings (SSSR count). The average Bonchev–Trinajstić information content (AvgIpc) is 2.82. The standard InChI is InChI=1S/C11H14N4O2S2/c1-11(2,10-13-5-6-18-10)15-19(16,17)8-3-4-9(12)14-7-8/h3-7,15H,1-2H3,(H2,12,14). The van der Waals surface area contributed by atoms with E-state index in [1.165, 1.54) is 29.7 Å². The number of rotatable bonds is 4. The Bertz CT molecular complexity index is 649. The van der Waals surface area contributed by atoms with E-state index in [0.717, 1.165) is 0 Å². The molecule has 0 amide bonds. The summed E-state index contributed by atoms with van der Waals surface area (Å²) in [6.45, 7) is 3.52. The van der Waals surface area contributed by atoms with Crippen LogP contribution in [0.4, 0.5) is 5.82 Å². The Morgan fingerprint density at radius 3 is 2.58 bits per heavy atom. The zero-order chi connectivity index (χ0) is 14.1. The monoisotopic (exact) mass is 298 g/mol. The quantitative estimate of drug-likeness (QED) is 0.887. The first-order valence-corrected chi connectivity index (χ1v) is 7.83. The van der Waals surface area contributed by atoms with Gasteiger partial charge in [0.1, 0.15) is 15.7 Å². The van der Waals surface area contributed by atoms with E-state index in [9.17, 15) is 8.42 Å². The summed E-state index contributed by atoms with van der Waals surface area (Å²) >= 11 is 1.39. The third-order valence-corrected chi connectivity index (χ3v) is 5.16. The molecule has 0 saturated carbocycles.